The Balaban J connectivity index is 1.71. The molecule has 0 atom stereocenters. The van der Waals surface area contributed by atoms with Crippen LogP contribution < -0.4 is 5.32 Å². The van der Waals surface area contributed by atoms with E-state index >= 15 is 0 Å². The molecule has 2 heterocycles. The SMILES string of the molecule is FC(F)n1ccnc1Cn1cccc1CNC1CC1. The second-order valence-electron chi connectivity index (χ2n) is 4.81. The zero-order valence-corrected chi connectivity index (χ0v) is 10.5. The quantitative estimate of drug-likeness (QED) is 0.871. The number of rotatable bonds is 6. The Morgan fingerprint density at radius 1 is 1.37 bits per heavy atom. The molecule has 2 aromatic heterocycles. The minimum absolute atomic E-state index is 0.367. The van der Waals surface area contributed by atoms with Crippen LogP contribution in [-0.4, -0.2) is 20.2 Å². The Morgan fingerprint density at radius 3 is 2.95 bits per heavy atom. The van der Waals surface area contributed by atoms with E-state index in [9.17, 15) is 8.78 Å². The molecule has 0 spiro atoms. The third-order valence-electron chi connectivity index (χ3n) is 3.34. The maximum Gasteiger partial charge on any atom is 0.319 e. The van der Waals surface area contributed by atoms with E-state index in [4.69, 9.17) is 0 Å². The molecule has 0 aliphatic heterocycles. The molecule has 3 rings (SSSR count). The highest BCUT2D eigenvalue weighted by atomic mass is 19.3. The summed E-state index contributed by atoms with van der Waals surface area (Å²) in [4.78, 5) is 4.00. The van der Waals surface area contributed by atoms with E-state index in [0.29, 0.717) is 18.4 Å². The van der Waals surface area contributed by atoms with Crippen molar-refractivity contribution < 1.29 is 8.78 Å². The van der Waals surface area contributed by atoms with Crippen molar-refractivity contribution in [3.8, 4) is 0 Å². The highest BCUT2D eigenvalue weighted by molar-refractivity contribution is 5.10. The highest BCUT2D eigenvalue weighted by Gasteiger charge is 2.20. The number of hydrogen-bond acceptors (Lipinski definition) is 2. The molecule has 102 valence electrons. The lowest BCUT2D eigenvalue weighted by atomic mass is 10.4. The summed E-state index contributed by atoms with van der Waals surface area (Å²) in [6.45, 7) is -1.40. The van der Waals surface area contributed by atoms with Crippen molar-refractivity contribution in [1.29, 1.82) is 0 Å². The maximum atomic E-state index is 12.8. The van der Waals surface area contributed by atoms with E-state index in [1.165, 1.54) is 25.2 Å². The van der Waals surface area contributed by atoms with Crippen molar-refractivity contribution >= 4 is 0 Å². The van der Waals surface area contributed by atoms with Gasteiger partial charge in [0.1, 0.15) is 5.82 Å². The summed E-state index contributed by atoms with van der Waals surface area (Å²) in [5, 5.41) is 3.42. The summed E-state index contributed by atoms with van der Waals surface area (Å²) in [5.74, 6) is 0.374. The fourth-order valence-corrected chi connectivity index (χ4v) is 2.10. The number of nitrogens with one attached hydrogen (secondary N) is 1. The van der Waals surface area contributed by atoms with Crippen molar-refractivity contribution in [1.82, 2.24) is 19.4 Å². The Bertz CT molecular complexity index is 542. The molecule has 1 aliphatic rings. The number of alkyl halides is 2. The van der Waals surface area contributed by atoms with Crippen LogP contribution in [0.4, 0.5) is 8.78 Å². The van der Waals surface area contributed by atoms with Gasteiger partial charge >= 0.3 is 6.55 Å². The molecule has 0 unspecified atom stereocenters. The number of hydrogen-bond donors (Lipinski definition) is 1. The number of halogens is 2. The normalized spacial score (nSPS) is 15.3. The van der Waals surface area contributed by atoms with Gasteiger partial charge in [-0.05, 0) is 25.0 Å². The van der Waals surface area contributed by atoms with Gasteiger partial charge in [0.2, 0.25) is 0 Å². The fourth-order valence-electron chi connectivity index (χ4n) is 2.10. The van der Waals surface area contributed by atoms with Crippen LogP contribution in [0, 0.1) is 0 Å². The van der Waals surface area contributed by atoms with E-state index in [1.54, 1.807) is 0 Å². The lowest BCUT2D eigenvalue weighted by molar-refractivity contribution is 0.0667. The van der Waals surface area contributed by atoms with E-state index < -0.39 is 6.55 Å². The average Bonchev–Trinajstić information content (AvgIpc) is 2.92. The van der Waals surface area contributed by atoms with E-state index in [1.807, 2.05) is 22.9 Å². The minimum Gasteiger partial charge on any atom is -0.343 e. The van der Waals surface area contributed by atoms with Crippen molar-refractivity contribution in [2.45, 2.75) is 38.5 Å². The highest BCUT2D eigenvalue weighted by Crippen LogP contribution is 2.20. The Hall–Kier alpha value is -1.69. The van der Waals surface area contributed by atoms with E-state index in [2.05, 4.69) is 10.3 Å². The zero-order valence-electron chi connectivity index (χ0n) is 10.5. The summed E-state index contributed by atoms with van der Waals surface area (Å²) in [5.41, 5.74) is 1.09. The summed E-state index contributed by atoms with van der Waals surface area (Å²) >= 11 is 0. The van der Waals surface area contributed by atoms with Crippen LogP contribution in [0.2, 0.25) is 0 Å². The van der Waals surface area contributed by atoms with E-state index in [-0.39, 0.29) is 0 Å². The minimum atomic E-state index is -2.54. The summed E-state index contributed by atoms with van der Waals surface area (Å²) < 4.78 is 28.4. The zero-order chi connectivity index (χ0) is 13.2. The average molecular weight is 266 g/mol. The molecule has 0 saturated heterocycles. The molecular formula is C13H16F2N4. The molecular weight excluding hydrogens is 250 g/mol. The van der Waals surface area contributed by atoms with Gasteiger partial charge in [0.25, 0.3) is 0 Å². The van der Waals surface area contributed by atoms with Gasteiger partial charge in [0, 0.05) is 36.9 Å². The topological polar surface area (TPSA) is 34.8 Å². The second-order valence-corrected chi connectivity index (χ2v) is 4.81. The molecule has 0 aromatic carbocycles. The van der Waals surface area contributed by atoms with Gasteiger partial charge in [-0.15, -0.1) is 0 Å². The first-order valence-corrected chi connectivity index (χ1v) is 6.41. The lowest BCUT2D eigenvalue weighted by Gasteiger charge is -2.11. The van der Waals surface area contributed by atoms with Gasteiger partial charge in [0.05, 0.1) is 6.54 Å². The van der Waals surface area contributed by atoms with E-state index in [0.717, 1.165) is 16.8 Å². The first-order valence-electron chi connectivity index (χ1n) is 6.41. The molecule has 19 heavy (non-hydrogen) atoms. The van der Waals surface area contributed by atoms with Gasteiger partial charge in [-0.1, -0.05) is 0 Å². The van der Waals surface area contributed by atoms with Crippen molar-refractivity contribution in [2.24, 2.45) is 0 Å². The monoisotopic (exact) mass is 266 g/mol. The maximum absolute atomic E-state index is 12.8. The fraction of sp³-hybridized carbons (Fsp3) is 0.462. The standard InChI is InChI=1S/C13H16F2N4/c14-13(15)19-7-5-16-12(19)9-18-6-1-2-11(18)8-17-10-3-4-10/h1-2,5-7,10,13,17H,3-4,8-9H2. The van der Waals surface area contributed by atoms with Crippen LogP contribution in [0.5, 0.6) is 0 Å². The van der Waals surface area contributed by atoms with Crippen molar-refractivity contribution in [3.63, 3.8) is 0 Å². The third-order valence-corrected chi connectivity index (χ3v) is 3.34. The lowest BCUT2D eigenvalue weighted by Crippen LogP contribution is -2.19. The smallest absolute Gasteiger partial charge is 0.319 e. The van der Waals surface area contributed by atoms with Gasteiger partial charge in [-0.25, -0.2) is 4.98 Å². The molecule has 1 N–H and O–H groups in total. The van der Waals surface area contributed by atoms with Crippen molar-refractivity contribution in [2.75, 3.05) is 0 Å². The summed E-state index contributed by atoms with van der Waals surface area (Å²) in [6.07, 6.45) is 7.08. The molecule has 6 heteroatoms. The predicted octanol–water partition coefficient (Wildman–Crippen LogP) is 2.38. The van der Waals surface area contributed by atoms with Crippen LogP contribution >= 0.6 is 0 Å². The molecule has 0 radical (unpaired) electrons. The molecule has 1 fully saturated rings. The van der Waals surface area contributed by atoms with Crippen LogP contribution in [0.25, 0.3) is 0 Å². The first-order chi connectivity index (χ1) is 9.24. The molecule has 2 aromatic rings. The van der Waals surface area contributed by atoms with Crippen LogP contribution in [0.15, 0.2) is 30.7 Å². The molecule has 0 bridgehead atoms. The summed E-state index contributed by atoms with van der Waals surface area (Å²) in [7, 11) is 0. The number of aromatic nitrogens is 3. The van der Waals surface area contributed by atoms with Crippen LogP contribution in [0.3, 0.4) is 0 Å². The molecule has 1 aliphatic carbocycles. The summed E-state index contributed by atoms with van der Waals surface area (Å²) in [6, 6.07) is 4.57. The van der Waals surface area contributed by atoms with Crippen LogP contribution in [-0.2, 0) is 13.1 Å². The molecule has 0 amide bonds. The van der Waals surface area contributed by atoms with Gasteiger partial charge < -0.3 is 9.88 Å². The van der Waals surface area contributed by atoms with Crippen LogP contribution in [0.1, 0.15) is 30.9 Å². The molecule has 4 nitrogen and oxygen atoms in total. The number of imidazole rings is 1. The number of nitrogens with zero attached hydrogens (tertiary/aromatic N) is 3. The third kappa shape index (κ3) is 2.84. The van der Waals surface area contributed by atoms with Gasteiger partial charge in [-0.3, -0.25) is 4.57 Å². The Labute approximate surface area is 110 Å². The largest absolute Gasteiger partial charge is 0.343 e. The Kier molecular flexibility index (Phi) is 3.33. The first kappa shape index (κ1) is 12.3. The van der Waals surface area contributed by atoms with Gasteiger partial charge in [0.15, 0.2) is 0 Å². The predicted molar refractivity (Wildman–Crippen MR) is 66.9 cm³/mol. The molecule has 1 saturated carbocycles. The Morgan fingerprint density at radius 2 is 2.21 bits per heavy atom. The van der Waals surface area contributed by atoms with Gasteiger partial charge in [-0.2, -0.15) is 8.78 Å². The van der Waals surface area contributed by atoms with Crippen molar-refractivity contribution in [3.05, 3.63) is 42.2 Å². The second kappa shape index (κ2) is 5.13.